The first-order valence-electron chi connectivity index (χ1n) is 9.73. The van der Waals surface area contributed by atoms with Crippen molar-refractivity contribution in [1.29, 1.82) is 0 Å². The van der Waals surface area contributed by atoms with Crippen molar-refractivity contribution in [2.75, 3.05) is 19.8 Å². The summed E-state index contributed by atoms with van der Waals surface area (Å²) >= 11 is 0. The molecule has 0 bridgehead atoms. The van der Waals surface area contributed by atoms with Gasteiger partial charge in [-0.2, -0.15) is 0 Å². The van der Waals surface area contributed by atoms with Crippen LogP contribution in [0.1, 0.15) is 39.7 Å². The van der Waals surface area contributed by atoms with E-state index < -0.39 is 0 Å². The fourth-order valence-electron chi connectivity index (χ4n) is 2.69. The third-order valence-corrected chi connectivity index (χ3v) is 3.84. The number of hydrogen-bond acceptors (Lipinski definition) is 5. The number of nitrogens with zero attached hydrogens (tertiary/aromatic N) is 2. The van der Waals surface area contributed by atoms with Gasteiger partial charge in [-0.3, -0.25) is 4.79 Å². The van der Waals surface area contributed by atoms with Crippen LogP contribution in [0.25, 0.3) is 0 Å². The zero-order valence-electron chi connectivity index (χ0n) is 17.3. The van der Waals surface area contributed by atoms with Crippen molar-refractivity contribution in [3.05, 3.63) is 42.5 Å². The van der Waals surface area contributed by atoms with Crippen LogP contribution in [0.2, 0.25) is 0 Å². The molecule has 0 atom stereocenters. The Morgan fingerprint density at radius 1 is 1.21 bits per heavy atom. The molecule has 0 aliphatic rings. The van der Waals surface area contributed by atoms with Crippen LogP contribution in [0.3, 0.4) is 0 Å². The second kappa shape index (κ2) is 10.7. The lowest BCUT2D eigenvalue weighted by molar-refractivity contribution is -0.124. The van der Waals surface area contributed by atoms with Crippen LogP contribution in [-0.2, 0) is 17.9 Å². The number of aromatic nitrogens is 2. The number of benzene rings is 1. The molecule has 0 fully saturated rings. The quantitative estimate of drug-likeness (QED) is 0.579. The molecule has 2 aromatic rings. The summed E-state index contributed by atoms with van der Waals surface area (Å²) in [4.78, 5) is 16.0. The molecule has 0 spiro atoms. The molecular weight excluding hydrogens is 356 g/mol. The van der Waals surface area contributed by atoms with E-state index in [-0.39, 0.29) is 18.1 Å². The Labute approximate surface area is 167 Å². The Morgan fingerprint density at radius 3 is 2.71 bits per heavy atom. The van der Waals surface area contributed by atoms with Gasteiger partial charge in [-0.1, -0.05) is 6.07 Å². The van der Waals surface area contributed by atoms with E-state index in [1.54, 1.807) is 6.20 Å². The van der Waals surface area contributed by atoms with E-state index in [1.165, 1.54) is 0 Å². The number of amides is 1. The van der Waals surface area contributed by atoms with Gasteiger partial charge in [0.05, 0.1) is 12.9 Å². The Bertz CT molecular complexity index is 724. The van der Waals surface area contributed by atoms with Gasteiger partial charge >= 0.3 is 0 Å². The fraction of sp³-hybridized carbons (Fsp3) is 0.524. The normalized spacial score (nSPS) is 11.3. The Kier molecular flexibility index (Phi) is 8.32. The molecule has 0 radical (unpaired) electrons. The van der Waals surface area contributed by atoms with Crippen molar-refractivity contribution in [2.24, 2.45) is 0 Å². The molecule has 7 heteroatoms. The SMILES string of the molecule is CCOc1cc(CNCCCn2ccnc2)ccc1OCC(=O)NC(C)(C)C. The van der Waals surface area contributed by atoms with E-state index in [1.807, 2.05) is 58.4 Å². The van der Waals surface area contributed by atoms with Crippen molar-refractivity contribution < 1.29 is 14.3 Å². The van der Waals surface area contributed by atoms with Gasteiger partial charge in [0, 0.05) is 31.0 Å². The van der Waals surface area contributed by atoms with Crippen LogP contribution in [0.4, 0.5) is 0 Å². The van der Waals surface area contributed by atoms with Crippen LogP contribution >= 0.6 is 0 Å². The summed E-state index contributed by atoms with van der Waals surface area (Å²) in [5.74, 6) is 1.08. The van der Waals surface area contributed by atoms with Crippen molar-refractivity contribution >= 4 is 5.91 Å². The standard InChI is InChI=1S/C21H32N4O3/c1-5-27-19-13-17(14-22-9-6-11-25-12-10-23-16-25)7-8-18(19)28-15-20(26)24-21(2,3)4/h7-8,10,12-13,16,22H,5-6,9,11,14-15H2,1-4H3,(H,24,26). The molecule has 0 unspecified atom stereocenters. The lowest BCUT2D eigenvalue weighted by Gasteiger charge is -2.21. The third kappa shape index (κ3) is 8.00. The van der Waals surface area contributed by atoms with Gasteiger partial charge < -0.3 is 24.7 Å². The molecule has 0 aliphatic heterocycles. The molecule has 1 aromatic carbocycles. The molecule has 1 aromatic heterocycles. The number of rotatable bonds is 11. The molecule has 7 nitrogen and oxygen atoms in total. The summed E-state index contributed by atoms with van der Waals surface area (Å²) in [5.41, 5.74) is 0.828. The highest BCUT2D eigenvalue weighted by atomic mass is 16.5. The topological polar surface area (TPSA) is 77.4 Å². The molecule has 0 aliphatic carbocycles. The van der Waals surface area contributed by atoms with Crippen molar-refractivity contribution in [3.63, 3.8) is 0 Å². The van der Waals surface area contributed by atoms with E-state index >= 15 is 0 Å². The van der Waals surface area contributed by atoms with Crippen LogP contribution in [0.5, 0.6) is 11.5 Å². The summed E-state index contributed by atoms with van der Waals surface area (Å²) in [6.45, 7) is 10.8. The molecule has 2 rings (SSSR count). The number of carbonyl (C=O) groups excluding carboxylic acids is 1. The van der Waals surface area contributed by atoms with Crippen molar-refractivity contribution in [3.8, 4) is 11.5 Å². The average Bonchev–Trinajstić information content (AvgIpc) is 3.13. The second-order valence-corrected chi connectivity index (χ2v) is 7.63. The maximum atomic E-state index is 12.0. The predicted molar refractivity (Wildman–Crippen MR) is 110 cm³/mol. The molecule has 154 valence electrons. The minimum absolute atomic E-state index is 0.0385. The number of ether oxygens (including phenoxy) is 2. The first kappa shape index (κ1) is 21.8. The van der Waals surface area contributed by atoms with Gasteiger partial charge in [-0.05, 0) is 58.4 Å². The number of imidazole rings is 1. The molecule has 1 heterocycles. The fourth-order valence-corrected chi connectivity index (χ4v) is 2.69. The zero-order chi connectivity index (χ0) is 20.4. The Morgan fingerprint density at radius 2 is 2.04 bits per heavy atom. The largest absolute Gasteiger partial charge is 0.490 e. The van der Waals surface area contributed by atoms with E-state index in [4.69, 9.17) is 9.47 Å². The number of aryl methyl sites for hydroxylation is 1. The molecule has 0 saturated heterocycles. The number of hydrogen-bond donors (Lipinski definition) is 2. The van der Waals surface area contributed by atoms with Crippen LogP contribution < -0.4 is 20.1 Å². The van der Waals surface area contributed by atoms with Gasteiger partial charge in [0.25, 0.3) is 5.91 Å². The van der Waals surface area contributed by atoms with Gasteiger partial charge in [0.1, 0.15) is 0 Å². The van der Waals surface area contributed by atoms with E-state index in [9.17, 15) is 4.79 Å². The van der Waals surface area contributed by atoms with Crippen molar-refractivity contribution in [2.45, 2.75) is 52.7 Å². The van der Waals surface area contributed by atoms with E-state index in [0.29, 0.717) is 18.1 Å². The van der Waals surface area contributed by atoms with Gasteiger partial charge in [0.15, 0.2) is 18.1 Å². The smallest absolute Gasteiger partial charge is 0.258 e. The molecule has 28 heavy (non-hydrogen) atoms. The van der Waals surface area contributed by atoms with E-state index in [0.717, 1.165) is 31.6 Å². The van der Waals surface area contributed by atoms with Gasteiger partial charge in [0.2, 0.25) is 0 Å². The molecule has 1 amide bonds. The second-order valence-electron chi connectivity index (χ2n) is 7.63. The number of nitrogens with one attached hydrogen (secondary N) is 2. The van der Waals surface area contributed by atoms with E-state index in [2.05, 4.69) is 20.2 Å². The van der Waals surface area contributed by atoms with Gasteiger partial charge in [-0.25, -0.2) is 4.98 Å². The highest BCUT2D eigenvalue weighted by molar-refractivity contribution is 5.78. The summed E-state index contributed by atoms with van der Waals surface area (Å²) in [6, 6.07) is 5.81. The third-order valence-electron chi connectivity index (χ3n) is 3.84. The average molecular weight is 389 g/mol. The molecular formula is C21H32N4O3. The maximum absolute atomic E-state index is 12.0. The molecule has 0 saturated carbocycles. The molecule has 2 N–H and O–H groups in total. The number of carbonyl (C=O) groups is 1. The maximum Gasteiger partial charge on any atom is 0.258 e. The summed E-state index contributed by atoms with van der Waals surface area (Å²) in [6.07, 6.45) is 6.61. The first-order valence-corrected chi connectivity index (χ1v) is 9.73. The van der Waals surface area contributed by atoms with Crippen molar-refractivity contribution in [1.82, 2.24) is 20.2 Å². The lowest BCUT2D eigenvalue weighted by atomic mass is 10.1. The van der Waals surface area contributed by atoms with Gasteiger partial charge in [-0.15, -0.1) is 0 Å². The highest BCUT2D eigenvalue weighted by Gasteiger charge is 2.15. The summed E-state index contributed by atoms with van der Waals surface area (Å²) in [7, 11) is 0. The van der Waals surface area contributed by atoms with Crippen LogP contribution in [-0.4, -0.2) is 40.8 Å². The Hall–Kier alpha value is -2.54. The van der Waals surface area contributed by atoms with Crippen LogP contribution in [0, 0.1) is 0 Å². The van der Waals surface area contributed by atoms with Crippen LogP contribution in [0.15, 0.2) is 36.9 Å². The minimum Gasteiger partial charge on any atom is -0.490 e. The zero-order valence-corrected chi connectivity index (χ0v) is 17.3. The summed E-state index contributed by atoms with van der Waals surface area (Å²) < 4.78 is 13.4. The highest BCUT2D eigenvalue weighted by Crippen LogP contribution is 2.28. The minimum atomic E-state index is -0.281. The Balaban J connectivity index is 1.82. The first-order chi connectivity index (χ1) is 13.4. The summed E-state index contributed by atoms with van der Waals surface area (Å²) in [5, 5.41) is 6.32. The lowest BCUT2D eigenvalue weighted by Crippen LogP contribution is -2.43. The monoisotopic (exact) mass is 388 g/mol. The predicted octanol–water partition coefficient (Wildman–Crippen LogP) is 2.76.